The lowest BCUT2D eigenvalue weighted by Gasteiger charge is -2.34. The van der Waals surface area contributed by atoms with Crippen molar-refractivity contribution in [3.8, 4) is 11.5 Å². The number of amides is 1. The van der Waals surface area contributed by atoms with E-state index in [1.54, 1.807) is 30.3 Å². The monoisotopic (exact) mass is 452 g/mol. The summed E-state index contributed by atoms with van der Waals surface area (Å²) in [5.41, 5.74) is 0.477. The summed E-state index contributed by atoms with van der Waals surface area (Å²) in [6, 6.07) is 10.8. The van der Waals surface area contributed by atoms with E-state index < -0.39 is 16.1 Å². The summed E-state index contributed by atoms with van der Waals surface area (Å²) in [6.07, 6.45) is 2.30. The van der Waals surface area contributed by atoms with Crippen LogP contribution in [0, 0.1) is 0 Å². The van der Waals surface area contributed by atoms with Crippen molar-refractivity contribution in [1.82, 2.24) is 4.31 Å². The Hall–Kier alpha value is -2.29. The standard InChI is InChI=1S/C21H25ClN2O5S/c1-28-17-8-11-20(29-2)19(14-17)23-21(25)13-16-5-3-4-12-24(16)30(26,27)18-9-6-15(22)7-10-18/h6-11,14,16H,3-5,12-13H2,1-2H3,(H,23,25)/t16-/m1/s1. The van der Waals surface area contributed by atoms with Crippen molar-refractivity contribution in [3.05, 3.63) is 47.5 Å². The summed E-state index contributed by atoms with van der Waals surface area (Å²) in [6.45, 7) is 0.380. The number of carbonyl (C=O) groups is 1. The third-order valence-corrected chi connectivity index (χ3v) is 7.31. The Balaban J connectivity index is 1.77. The number of carbonyl (C=O) groups excluding carboxylic acids is 1. The fourth-order valence-electron chi connectivity index (χ4n) is 3.56. The molecule has 0 aliphatic carbocycles. The van der Waals surface area contributed by atoms with Gasteiger partial charge in [-0.25, -0.2) is 8.42 Å². The second-order valence-corrected chi connectivity index (χ2v) is 9.36. The van der Waals surface area contributed by atoms with E-state index in [-0.39, 0.29) is 17.2 Å². The molecule has 1 saturated heterocycles. The lowest BCUT2D eigenvalue weighted by Crippen LogP contribution is -2.45. The van der Waals surface area contributed by atoms with Crippen molar-refractivity contribution < 1.29 is 22.7 Å². The Morgan fingerprint density at radius 2 is 1.87 bits per heavy atom. The average molecular weight is 453 g/mol. The van der Waals surface area contributed by atoms with Gasteiger partial charge in [0.25, 0.3) is 0 Å². The number of hydrogen-bond donors (Lipinski definition) is 1. The minimum Gasteiger partial charge on any atom is -0.497 e. The largest absolute Gasteiger partial charge is 0.497 e. The summed E-state index contributed by atoms with van der Waals surface area (Å²) in [4.78, 5) is 12.9. The summed E-state index contributed by atoms with van der Waals surface area (Å²) < 4.78 is 38.2. The van der Waals surface area contributed by atoms with Crippen LogP contribution in [0.5, 0.6) is 11.5 Å². The summed E-state index contributed by atoms with van der Waals surface area (Å²) in [5, 5.41) is 3.29. The van der Waals surface area contributed by atoms with Gasteiger partial charge in [0.1, 0.15) is 11.5 Å². The smallest absolute Gasteiger partial charge is 0.243 e. The fourth-order valence-corrected chi connectivity index (χ4v) is 5.38. The van der Waals surface area contributed by atoms with E-state index in [0.29, 0.717) is 35.2 Å². The van der Waals surface area contributed by atoms with Crippen molar-refractivity contribution in [2.45, 2.75) is 36.6 Å². The Morgan fingerprint density at radius 1 is 1.13 bits per heavy atom. The third-order valence-electron chi connectivity index (χ3n) is 5.10. The van der Waals surface area contributed by atoms with Crippen LogP contribution in [0.3, 0.4) is 0 Å². The van der Waals surface area contributed by atoms with Gasteiger partial charge in [0.15, 0.2) is 0 Å². The van der Waals surface area contributed by atoms with E-state index in [1.165, 1.54) is 30.7 Å². The molecule has 0 spiro atoms. The van der Waals surface area contributed by atoms with Crippen molar-refractivity contribution >= 4 is 33.2 Å². The van der Waals surface area contributed by atoms with E-state index >= 15 is 0 Å². The normalized spacial score (nSPS) is 17.4. The first-order chi connectivity index (χ1) is 14.3. The zero-order chi connectivity index (χ0) is 21.7. The van der Waals surface area contributed by atoms with Gasteiger partial charge in [0.2, 0.25) is 15.9 Å². The Labute approximate surface area is 182 Å². The SMILES string of the molecule is COc1ccc(OC)c(NC(=O)C[C@H]2CCCCN2S(=O)(=O)c2ccc(Cl)cc2)c1. The zero-order valence-electron chi connectivity index (χ0n) is 16.9. The van der Waals surface area contributed by atoms with Gasteiger partial charge in [0, 0.05) is 30.1 Å². The van der Waals surface area contributed by atoms with Gasteiger partial charge in [-0.1, -0.05) is 18.0 Å². The number of rotatable bonds is 7. The van der Waals surface area contributed by atoms with E-state index in [2.05, 4.69) is 5.32 Å². The molecule has 1 fully saturated rings. The van der Waals surface area contributed by atoms with Crippen molar-refractivity contribution in [3.63, 3.8) is 0 Å². The number of hydrogen-bond acceptors (Lipinski definition) is 5. The van der Waals surface area contributed by atoms with Gasteiger partial charge in [-0.3, -0.25) is 4.79 Å². The second-order valence-electron chi connectivity index (χ2n) is 7.04. The Morgan fingerprint density at radius 3 is 2.53 bits per heavy atom. The second kappa shape index (κ2) is 9.68. The molecule has 2 aromatic rings. The van der Waals surface area contributed by atoms with E-state index in [1.807, 2.05) is 0 Å². The van der Waals surface area contributed by atoms with Crippen molar-refractivity contribution in [2.24, 2.45) is 0 Å². The highest BCUT2D eigenvalue weighted by atomic mass is 35.5. The van der Waals surface area contributed by atoms with E-state index in [0.717, 1.165) is 12.8 Å². The van der Waals surface area contributed by atoms with Crippen molar-refractivity contribution in [2.75, 3.05) is 26.1 Å². The van der Waals surface area contributed by atoms with Crippen LogP contribution in [-0.2, 0) is 14.8 Å². The molecule has 1 heterocycles. The third kappa shape index (κ3) is 5.06. The van der Waals surface area contributed by atoms with Gasteiger partial charge in [-0.15, -0.1) is 0 Å². The van der Waals surface area contributed by atoms with E-state index in [4.69, 9.17) is 21.1 Å². The molecule has 1 amide bonds. The Bertz CT molecular complexity index is 995. The first kappa shape index (κ1) is 22.4. The maximum absolute atomic E-state index is 13.1. The number of piperidine rings is 1. The highest BCUT2D eigenvalue weighted by Crippen LogP contribution is 2.31. The first-order valence-corrected chi connectivity index (χ1v) is 11.5. The number of sulfonamides is 1. The molecule has 1 aliphatic heterocycles. The molecule has 162 valence electrons. The van der Waals surface area contributed by atoms with Crippen LogP contribution in [0.2, 0.25) is 5.02 Å². The van der Waals surface area contributed by atoms with Crippen LogP contribution in [0.15, 0.2) is 47.4 Å². The summed E-state index contributed by atoms with van der Waals surface area (Å²) in [7, 11) is -0.670. The van der Waals surface area contributed by atoms with Gasteiger partial charge in [-0.05, 0) is 49.2 Å². The van der Waals surface area contributed by atoms with Crippen LogP contribution < -0.4 is 14.8 Å². The molecular weight excluding hydrogens is 428 g/mol. The van der Waals surface area contributed by atoms with Crippen LogP contribution in [0.25, 0.3) is 0 Å². The van der Waals surface area contributed by atoms with Gasteiger partial charge >= 0.3 is 0 Å². The van der Waals surface area contributed by atoms with E-state index in [9.17, 15) is 13.2 Å². The molecule has 1 atom stereocenters. The maximum atomic E-state index is 13.1. The highest BCUT2D eigenvalue weighted by molar-refractivity contribution is 7.89. The quantitative estimate of drug-likeness (QED) is 0.688. The van der Waals surface area contributed by atoms with Crippen LogP contribution >= 0.6 is 11.6 Å². The Kier molecular flexibility index (Phi) is 7.23. The lowest BCUT2D eigenvalue weighted by molar-refractivity contribution is -0.117. The highest BCUT2D eigenvalue weighted by Gasteiger charge is 2.34. The summed E-state index contributed by atoms with van der Waals surface area (Å²) >= 11 is 5.89. The molecule has 9 heteroatoms. The predicted molar refractivity (Wildman–Crippen MR) is 116 cm³/mol. The van der Waals surface area contributed by atoms with Gasteiger partial charge in [0.05, 0.1) is 24.8 Å². The minimum atomic E-state index is -3.72. The molecule has 0 unspecified atom stereocenters. The number of methoxy groups -OCH3 is 2. The number of nitrogens with zero attached hydrogens (tertiary/aromatic N) is 1. The number of halogens is 1. The molecule has 0 aromatic heterocycles. The molecule has 30 heavy (non-hydrogen) atoms. The molecule has 1 aliphatic rings. The molecule has 0 bridgehead atoms. The molecule has 1 N–H and O–H groups in total. The maximum Gasteiger partial charge on any atom is 0.243 e. The van der Waals surface area contributed by atoms with Gasteiger partial charge in [-0.2, -0.15) is 4.31 Å². The molecule has 3 rings (SSSR count). The van der Waals surface area contributed by atoms with Crippen molar-refractivity contribution in [1.29, 1.82) is 0 Å². The topological polar surface area (TPSA) is 84.9 Å². The number of anilines is 1. The van der Waals surface area contributed by atoms with Crippen LogP contribution in [0.1, 0.15) is 25.7 Å². The predicted octanol–water partition coefficient (Wildman–Crippen LogP) is 3.93. The number of ether oxygens (including phenoxy) is 2. The molecule has 0 saturated carbocycles. The molecular formula is C21H25ClN2O5S. The first-order valence-electron chi connectivity index (χ1n) is 9.64. The van der Waals surface area contributed by atoms with Crippen LogP contribution in [0.4, 0.5) is 5.69 Å². The molecule has 7 nitrogen and oxygen atoms in total. The lowest BCUT2D eigenvalue weighted by atomic mass is 10.0. The van der Waals surface area contributed by atoms with Gasteiger partial charge < -0.3 is 14.8 Å². The summed E-state index contributed by atoms with van der Waals surface area (Å²) in [5.74, 6) is 0.791. The molecule has 0 radical (unpaired) electrons. The van der Waals surface area contributed by atoms with Crippen LogP contribution in [-0.4, -0.2) is 45.4 Å². The number of nitrogens with one attached hydrogen (secondary N) is 1. The fraction of sp³-hybridized carbons (Fsp3) is 0.381. The number of benzene rings is 2. The zero-order valence-corrected chi connectivity index (χ0v) is 18.5. The minimum absolute atomic E-state index is 0.0488. The molecule has 2 aromatic carbocycles. The average Bonchev–Trinajstić information content (AvgIpc) is 2.74.